The first-order valence-corrected chi connectivity index (χ1v) is 7.64. The van der Waals surface area contributed by atoms with E-state index in [0.29, 0.717) is 12.6 Å². The number of imidazole rings is 1. The molecule has 0 bridgehead atoms. The predicted molar refractivity (Wildman–Crippen MR) is 70.7 cm³/mol. The number of nitrogens with two attached hydrogens (primary N) is 1. The molecule has 1 fully saturated rings. The highest BCUT2D eigenvalue weighted by Gasteiger charge is 2.18. The van der Waals surface area contributed by atoms with Crippen molar-refractivity contribution in [1.29, 1.82) is 0 Å². The van der Waals surface area contributed by atoms with Gasteiger partial charge in [-0.1, -0.05) is 0 Å². The lowest BCUT2D eigenvalue weighted by Crippen LogP contribution is -2.08. The van der Waals surface area contributed by atoms with Crippen LogP contribution < -0.4 is 5.73 Å². The molecular weight excluding hydrogens is 254 g/mol. The first-order chi connectivity index (χ1) is 8.38. The van der Waals surface area contributed by atoms with Crippen molar-refractivity contribution < 1.29 is 4.74 Å². The van der Waals surface area contributed by atoms with Gasteiger partial charge in [0.2, 0.25) is 0 Å². The largest absolute Gasteiger partial charge is 0.377 e. The normalized spacial score (nSPS) is 20.4. The minimum absolute atomic E-state index is 0.394. The molecule has 2 aromatic heterocycles. The summed E-state index contributed by atoms with van der Waals surface area (Å²) in [5, 5.41) is 3.10. The van der Waals surface area contributed by atoms with Crippen molar-refractivity contribution in [1.82, 2.24) is 9.38 Å². The zero-order valence-corrected chi connectivity index (χ0v) is 11.1. The molecule has 3 heterocycles. The summed E-state index contributed by atoms with van der Waals surface area (Å²) in [4.78, 5) is 5.64. The minimum atomic E-state index is 0.394. The molecule has 0 aliphatic carbocycles. The van der Waals surface area contributed by atoms with Crippen LogP contribution >= 0.6 is 23.1 Å². The molecule has 6 heteroatoms. The Kier molecular flexibility index (Phi) is 3.37. The van der Waals surface area contributed by atoms with Crippen molar-refractivity contribution in [2.24, 2.45) is 5.73 Å². The Hall–Kier alpha value is -0.560. The molecular formula is C11H15N3OS2. The van der Waals surface area contributed by atoms with Gasteiger partial charge in [-0.05, 0) is 12.8 Å². The Balaban J connectivity index is 1.76. The number of ether oxygens (including phenoxy) is 1. The Labute approximate surface area is 108 Å². The molecule has 2 N–H and O–H groups in total. The van der Waals surface area contributed by atoms with Gasteiger partial charge in [-0.2, -0.15) is 0 Å². The number of hydrogen-bond donors (Lipinski definition) is 1. The molecule has 2 aromatic rings. The van der Waals surface area contributed by atoms with E-state index in [2.05, 4.69) is 9.38 Å². The highest BCUT2D eigenvalue weighted by atomic mass is 32.2. The van der Waals surface area contributed by atoms with E-state index in [0.717, 1.165) is 28.0 Å². The molecule has 1 atom stereocenters. The summed E-state index contributed by atoms with van der Waals surface area (Å²) < 4.78 is 7.71. The van der Waals surface area contributed by atoms with Gasteiger partial charge in [-0.3, -0.25) is 4.40 Å². The fourth-order valence-electron chi connectivity index (χ4n) is 2.06. The second-order valence-corrected chi connectivity index (χ2v) is 5.95. The van der Waals surface area contributed by atoms with E-state index in [-0.39, 0.29) is 0 Å². The third kappa shape index (κ3) is 2.22. The second kappa shape index (κ2) is 4.97. The van der Waals surface area contributed by atoms with Gasteiger partial charge < -0.3 is 10.5 Å². The van der Waals surface area contributed by atoms with Crippen LogP contribution in [0, 0.1) is 0 Å². The molecule has 1 aliphatic rings. The molecule has 17 heavy (non-hydrogen) atoms. The van der Waals surface area contributed by atoms with Crippen LogP contribution in [0.2, 0.25) is 0 Å². The van der Waals surface area contributed by atoms with Gasteiger partial charge >= 0.3 is 0 Å². The fourth-order valence-corrected chi connectivity index (χ4v) is 3.96. The van der Waals surface area contributed by atoms with Gasteiger partial charge in [0.15, 0.2) is 4.96 Å². The van der Waals surface area contributed by atoms with Crippen LogP contribution in [0.1, 0.15) is 18.5 Å². The van der Waals surface area contributed by atoms with Crippen LogP contribution in [0.15, 0.2) is 16.6 Å². The van der Waals surface area contributed by atoms with Gasteiger partial charge in [0.05, 0.1) is 11.8 Å². The number of thioether (sulfide) groups is 1. The molecule has 0 spiro atoms. The molecule has 3 rings (SSSR count). The standard InChI is InChI=1S/C11H15N3OS2/c12-6-9-10(13-11-14(9)3-5-16-11)17-7-8-2-1-4-15-8/h3,5,8H,1-2,4,6-7,12H2. The quantitative estimate of drug-likeness (QED) is 0.864. The van der Waals surface area contributed by atoms with E-state index in [1.165, 1.54) is 12.8 Å². The summed E-state index contributed by atoms with van der Waals surface area (Å²) in [7, 11) is 0. The molecule has 4 nitrogen and oxygen atoms in total. The predicted octanol–water partition coefficient (Wildman–Crippen LogP) is 2.13. The van der Waals surface area contributed by atoms with Gasteiger partial charge in [-0.15, -0.1) is 23.1 Å². The molecule has 0 saturated carbocycles. The van der Waals surface area contributed by atoms with Crippen molar-refractivity contribution in [3.63, 3.8) is 0 Å². The van der Waals surface area contributed by atoms with Gasteiger partial charge in [0, 0.05) is 30.5 Å². The Bertz CT molecular complexity index is 502. The molecule has 0 amide bonds. The van der Waals surface area contributed by atoms with Gasteiger partial charge in [0.1, 0.15) is 5.03 Å². The highest BCUT2D eigenvalue weighted by Crippen LogP contribution is 2.28. The average molecular weight is 269 g/mol. The maximum Gasteiger partial charge on any atom is 0.194 e. The van der Waals surface area contributed by atoms with Crippen molar-refractivity contribution in [2.75, 3.05) is 12.4 Å². The summed E-state index contributed by atoms with van der Waals surface area (Å²) in [6.45, 7) is 1.44. The number of hydrogen-bond acceptors (Lipinski definition) is 5. The lowest BCUT2D eigenvalue weighted by molar-refractivity contribution is 0.129. The van der Waals surface area contributed by atoms with E-state index >= 15 is 0 Å². The minimum Gasteiger partial charge on any atom is -0.377 e. The zero-order chi connectivity index (χ0) is 11.7. The van der Waals surface area contributed by atoms with Crippen LogP contribution in [-0.2, 0) is 11.3 Å². The summed E-state index contributed by atoms with van der Waals surface area (Å²) in [5.41, 5.74) is 6.92. The Morgan fingerprint density at radius 1 is 1.65 bits per heavy atom. The molecule has 0 radical (unpaired) electrons. The third-order valence-corrected chi connectivity index (χ3v) is 4.84. The monoisotopic (exact) mass is 269 g/mol. The first-order valence-electron chi connectivity index (χ1n) is 5.77. The summed E-state index contributed by atoms with van der Waals surface area (Å²) >= 11 is 3.42. The van der Waals surface area contributed by atoms with Crippen LogP contribution in [-0.4, -0.2) is 27.8 Å². The summed E-state index contributed by atoms with van der Waals surface area (Å²) in [6.07, 6.45) is 4.79. The van der Waals surface area contributed by atoms with Crippen molar-refractivity contribution in [3.8, 4) is 0 Å². The fraction of sp³-hybridized carbons (Fsp3) is 0.545. The third-order valence-electron chi connectivity index (χ3n) is 2.95. The maximum absolute atomic E-state index is 5.80. The lowest BCUT2D eigenvalue weighted by atomic mass is 10.3. The highest BCUT2D eigenvalue weighted by molar-refractivity contribution is 7.99. The lowest BCUT2D eigenvalue weighted by Gasteiger charge is -2.07. The molecule has 0 aromatic carbocycles. The van der Waals surface area contributed by atoms with E-state index in [1.54, 1.807) is 23.1 Å². The molecule has 92 valence electrons. The van der Waals surface area contributed by atoms with Crippen molar-refractivity contribution in [2.45, 2.75) is 30.5 Å². The molecule has 1 aliphatic heterocycles. The topological polar surface area (TPSA) is 52.5 Å². The Morgan fingerprint density at radius 3 is 3.35 bits per heavy atom. The van der Waals surface area contributed by atoms with Crippen LogP contribution in [0.5, 0.6) is 0 Å². The first kappa shape index (κ1) is 11.5. The number of rotatable bonds is 4. The second-order valence-electron chi connectivity index (χ2n) is 4.07. The number of thiazole rings is 1. The van der Waals surface area contributed by atoms with Crippen LogP contribution in [0.25, 0.3) is 4.96 Å². The number of fused-ring (bicyclic) bond motifs is 1. The Morgan fingerprint density at radius 2 is 2.59 bits per heavy atom. The smallest absolute Gasteiger partial charge is 0.194 e. The zero-order valence-electron chi connectivity index (χ0n) is 9.46. The van der Waals surface area contributed by atoms with E-state index in [1.807, 2.05) is 11.6 Å². The van der Waals surface area contributed by atoms with Crippen molar-refractivity contribution in [3.05, 3.63) is 17.3 Å². The average Bonchev–Trinajstić information content (AvgIpc) is 3.02. The SMILES string of the molecule is NCc1c(SCC2CCCO2)nc2sccn12. The maximum atomic E-state index is 5.80. The summed E-state index contributed by atoms with van der Waals surface area (Å²) in [5.74, 6) is 0.984. The number of aromatic nitrogens is 2. The van der Waals surface area contributed by atoms with Gasteiger partial charge in [-0.25, -0.2) is 4.98 Å². The van der Waals surface area contributed by atoms with Gasteiger partial charge in [0.25, 0.3) is 0 Å². The van der Waals surface area contributed by atoms with E-state index < -0.39 is 0 Å². The van der Waals surface area contributed by atoms with E-state index in [9.17, 15) is 0 Å². The molecule has 1 saturated heterocycles. The molecule has 1 unspecified atom stereocenters. The van der Waals surface area contributed by atoms with Crippen LogP contribution in [0.3, 0.4) is 0 Å². The number of nitrogens with zero attached hydrogens (tertiary/aromatic N) is 2. The van der Waals surface area contributed by atoms with Crippen LogP contribution in [0.4, 0.5) is 0 Å². The van der Waals surface area contributed by atoms with Crippen molar-refractivity contribution >= 4 is 28.1 Å². The summed E-state index contributed by atoms with van der Waals surface area (Å²) in [6, 6.07) is 0. The van der Waals surface area contributed by atoms with E-state index in [4.69, 9.17) is 10.5 Å².